The number of rotatable bonds is 5. The van der Waals surface area contributed by atoms with Crippen LogP contribution >= 0.6 is 23.1 Å². The van der Waals surface area contributed by atoms with Crippen molar-refractivity contribution in [3.63, 3.8) is 0 Å². The summed E-state index contributed by atoms with van der Waals surface area (Å²) in [7, 11) is 0. The molecule has 2 aromatic rings. The highest BCUT2D eigenvalue weighted by Crippen LogP contribution is 2.24. The molecule has 2 nitrogen and oxygen atoms in total. The van der Waals surface area contributed by atoms with Gasteiger partial charge in [-0.2, -0.15) is 0 Å². The maximum Gasteiger partial charge on any atom is 0.0897 e. The van der Waals surface area contributed by atoms with E-state index in [1.165, 1.54) is 16.2 Å². The van der Waals surface area contributed by atoms with Crippen LogP contribution in [0.3, 0.4) is 0 Å². The number of hydrogen-bond donors (Lipinski definition) is 1. The van der Waals surface area contributed by atoms with E-state index in [0.717, 1.165) is 17.3 Å². The number of nitrogens with zero attached hydrogens (tertiary/aromatic N) is 1. The SMILES string of the molecule is Cc1nc(CSc2cccc(CNC(C)(C)C)c2)cs1. The Balaban J connectivity index is 1.92. The number of nitrogens with one attached hydrogen (secondary N) is 1. The average Bonchev–Trinajstić information content (AvgIpc) is 2.80. The molecule has 0 saturated carbocycles. The first-order valence-corrected chi connectivity index (χ1v) is 8.67. The molecule has 1 N–H and O–H groups in total. The highest BCUT2D eigenvalue weighted by atomic mass is 32.2. The molecular weight excluding hydrogens is 284 g/mol. The van der Waals surface area contributed by atoms with Crippen LogP contribution in [-0.4, -0.2) is 10.5 Å². The zero-order valence-electron chi connectivity index (χ0n) is 12.6. The van der Waals surface area contributed by atoms with Crippen molar-refractivity contribution in [2.24, 2.45) is 0 Å². The van der Waals surface area contributed by atoms with Gasteiger partial charge in [0.25, 0.3) is 0 Å². The van der Waals surface area contributed by atoms with Crippen LogP contribution in [0.5, 0.6) is 0 Å². The fourth-order valence-electron chi connectivity index (χ4n) is 1.74. The molecule has 2 rings (SSSR count). The molecule has 0 radical (unpaired) electrons. The summed E-state index contributed by atoms with van der Waals surface area (Å²) in [6, 6.07) is 8.75. The molecule has 0 spiro atoms. The number of aryl methyl sites for hydroxylation is 1. The molecule has 1 heterocycles. The molecule has 1 aromatic heterocycles. The molecule has 0 aliphatic heterocycles. The van der Waals surface area contributed by atoms with Gasteiger partial charge >= 0.3 is 0 Å². The molecular formula is C16H22N2S2. The van der Waals surface area contributed by atoms with E-state index < -0.39 is 0 Å². The van der Waals surface area contributed by atoms with Gasteiger partial charge in [0.1, 0.15) is 0 Å². The van der Waals surface area contributed by atoms with Crippen LogP contribution in [0.4, 0.5) is 0 Å². The van der Waals surface area contributed by atoms with E-state index in [1.807, 2.05) is 11.8 Å². The van der Waals surface area contributed by atoms with Crippen LogP contribution in [0.25, 0.3) is 0 Å². The fourth-order valence-corrected chi connectivity index (χ4v) is 3.33. The minimum absolute atomic E-state index is 0.154. The number of thiazole rings is 1. The predicted molar refractivity (Wildman–Crippen MR) is 89.4 cm³/mol. The van der Waals surface area contributed by atoms with E-state index in [1.54, 1.807) is 11.3 Å². The van der Waals surface area contributed by atoms with Gasteiger partial charge in [0, 0.05) is 28.1 Å². The van der Waals surface area contributed by atoms with Gasteiger partial charge in [-0.25, -0.2) is 4.98 Å². The van der Waals surface area contributed by atoms with Gasteiger partial charge < -0.3 is 5.32 Å². The molecule has 0 saturated heterocycles. The smallest absolute Gasteiger partial charge is 0.0897 e. The number of aromatic nitrogens is 1. The molecule has 1 aromatic carbocycles. The molecule has 4 heteroatoms. The third-order valence-electron chi connectivity index (χ3n) is 2.77. The Morgan fingerprint density at radius 3 is 2.75 bits per heavy atom. The second-order valence-corrected chi connectivity index (χ2v) is 8.01. The highest BCUT2D eigenvalue weighted by Gasteiger charge is 2.08. The van der Waals surface area contributed by atoms with Gasteiger partial charge in [-0.15, -0.1) is 23.1 Å². The predicted octanol–water partition coefficient (Wildman–Crippen LogP) is 4.63. The third kappa shape index (κ3) is 5.27. The lowest BCUT2D eigenvalue weighted by Gasteiger charge is -2.20. The molecule has 108 valence electrons. The van der Waals surface area contributed by atoms with Gasteiger partial charge in [-0.1, -0.05) is 12.1 Å². The topological polar surface area (TPSA) is 24.9 Å². The second-order valence-electron chi connectivity index (χ2n) is 5.90. The monoisotopic (exact) mass is 306 g/mol. The molecule has 0 amide bonds. The normalized spacial score (nSPS) is 11.8. The Labute approximate surface area is 130 Å². The fraction of sp³-hybridized carbons (Fsp3) is 0.438. The quantitative estimate of drug-likeness (QED) is 0.815. The van der Waals surface area contributed by atoms with Crippen LogP contribution in [0, 0.1) is 6.92 Å². The Bertz CT molecular complexity index is 556. The van der Waals surface area contributed by atoms with Crippen LogP contribution in [0.2, 0.25) is 0 Å². The largest absolute Gasteiger partial charge is 0.308 e. The van der Waals surface area contributed by atoms with Crippen LogP contribution < -0.4 is 5.32 Å². The molecule has 0 aliphatic carbocycles. The van der Waals surface area contributed by atoms with Gasteiger partial charge in [-0.3, -0.25) is 0 Å². The van der Waals surface area contributed by atoms with E-state index in [-0.39, 0.29) is 5.54 Å². The molecule has 20 heavy (non-hydrogen) atoms. The lowest BCUT2D eigenvalue weighted by Crippen LogP contribution is -2.35. The van der Waals surface area contributed by atoms with Crippen molar-refractivity contribution in [1.29, 1.82) is 0 Å². The molecule has 0 bridgehead atoms. The third-order valence-corrected chi connectivity index (χ3v) is 4.62. The highest BCUT2D eigenvalue weighted by molar-refractivity contribution is 7.98. The molecule has 0 atom stereocenters. The van der Waals surface area contributed by atoms with E-state index in [2.05, 4.69) is 67.6 Å². The Kier molecular flexibility index (Phi) is 5.24. The summed E-state index contributed by atoms with van der Waals surface area (Å²) in [5, 5.41) is 6.81. The lowest BCUT2D eigenvalue weighted by molar-refractivity contribution is 0.424. The summed E-state index contributed by atoms with van der Waals surface area (Å²) in [4.78, 5) is 5.81. The first-order valence-electron chi connectivity index (χ1n) is 6.80. The van der Waals surface area contributed by atoms with Crippen molar-refractivity contribution in [3.8, 4) is 0 Å². The van der Waals surface area contributed by atoms with Crippen LogP contribution in [-0.2, 0) is 12.3 Å². The minimum atomic E-state index is 0.154. The first kappa shape index (κ1) is 15.5. The standard InChI is InChI=1S/C16H22N2S2/c1-12-18-14(10-19-12)11-20-15-7-5-6-13(8-15)9-17-16(2,3)4/h5-8,10,17H,9,11H2,1-4H3. The summed E-state index contributed by atoms with van der Waals surface area (Å²) in [6.07, 6.45) is 0. The van der Waals surface area contributed by atoms with Crippen LogP contribution in [0.1, 0.15) is 37.0 Å². The van der Waals surface area contributed by atoms with Gasteiger partial charge in [0.2, 0.25) is 0 Å². The minimum Gasteiger partial charge on any atom is -0.308 e. The maximum absolute atomic E-state index is 4.50. The lowest BCUT2D eigenvalue weighted by atomic mass is 10.1. The van der Waals surface area contributed by atoms with Crippen molar-refractivity contribution in [2.75, 3.05) is 0 Å². The molecule has 0 fully saturated rings. The zero-order chi connectivity index (χ0) is 14.6. The Hall–Kier alpha value is -0.840. The van der Waals surface area contributed by atoms with Crippen LogP contribution in [0.15, 0.2) is 34.5 Å². The summed E-state index contributed by atoms with van der Waals surface area (Å²) in [5.41, 5.74) is 2.66. The van der Waals surface area contributed by atoms with E-state index in [0.29, 0.717) is 0 Å². The Morgan fingerprint density at radius 1 is 1.30 bits per heavy atom. The van der Waals surface area contributed by atoms with Gasteiger partial charge in [-0.05, 0) is 45.4 Å². The summed E-state index contributed by atoms with van der Waals surface area (Å²) in [5.74, 6) is 0.945. The second kappa shape index (κ2) is 6.74. The first-order chi connectivity index (χ1) is 9.42. The van der Waals surface area contributed by atoms with Crippen molar-refractivity contribution < 1.29 is 0 Å². The number of hydrogen-bond acceptors (Lipinski definition) is 4. The zero-order valence-corrected chi connectivity index (χ0v) is 14.2. The Morgan fingerprint density at radius 2 is 2.10 bits per heavy atom. The van der Waals surface area contributed by atoms with Gasteiger partial charge in [0.05, 0.1) is 10.7 Å². The van der Waals surface area contributed by atoms with Gasteiger partial charge in [0.15, 0.2) is 0 Å². The maximum atomic E-state index is 4.50. The summed E-state index contributed by atoms with van der Waals surface area (Å²) in [6.45, 7) is 9.54. The average molecular weight is 306 g/mol. The number of benzene rings is 1. The van der Waals surface area contributed by atoms with E-state index in [9.17, 15) is 0 Å². The van der Waals surface area contributed by atoms with E-state index in [4.69, 9.17) is 0 Å². The number of thioether (sulfide) groups is 1. The van der Waals surface area contributed by atoms with Crippen molar-refractivity contribution >= 4 is 23.1 Å². The molecule has 0 aliphatic rings. The van der Waals surface area contributed by atoms with Crippen molar-refractivity contribution in [3.05, 3.63) is 45.9 Å². The molecule has 0 unspecified atom stereocenters. The van der Waals surface area contributed by atoms with Crippen molar-refractivity contribution in [2.45, 2.75) is 50.4 Å². The van der Waals surface area contributed by atoms with Crippen molar-refractivity contribution in [1.82, 2.24) is 10.3 Å². The summed E-state index contributed by atoms with van der Waals surface area (Å²) < 4.78 is 0. The van der Waals surface area contributed by atoms with E-state index >= 15 is 0 Å². The summed E-state index contributed by atoms with van der Waals surface area (Å²) >= 11 is 3.57.